The van der Waals surface area contributed by atoms with Crippen molar-refractivity contribution in [2.75, 3.05) is 18.4 Å². The maximum atomic E-state index is 10.6. The smallest absolute Gasteiger partial charge is 0.475 e. The number of benzene rings is 2. The largest absolute Gasteiger partial charge is 0.490 e. The van der Waals surface area contributed by atoms with Crippen LogP contribution in [-0.2, 0) is 11.3 Å². The van der Waals surface area contributed by atoms with Crippen LogP contribution < -0.4 is 10.6 Å². The summed E-state index contributed by atoms with van der Waals surface area (Å²) in [5.74, 6) is -2.76. The van der Waals surface area contributed by atoms with Gasteiger partial charge in [-0.05, 0) is 55.0 Å². The Kier molecular flexibility index (Phi) is 7.57. The van der Waals surface area contributed by atoms with E-state index in [0.29, 0.717) is 6.04 Å². The van der Waals surface area contributed by atoms with Crippen LogP contribution in [0.5, 0.6) is 0 Å². The topological polar surface area (TPSA) is 66.3 Å². The monoisotopic (exact) mass is 433 g/mol. The molecule has 0 spiro atoms. The molecule has 2 heterocycles. The summed E-state index contributed by atoms with van der Waals surface area (Å²) in [6.07, 6.45) is 0.686. The van der Waals surface area contributed by atoms with Gasteiger partial charge in [-0.15, -0.1) is 0 Å². The number of hydrogen-bond donors (Lipinski definition) is 3. The number of anilines is 1. The van der Waals surface area contributed by atoms with Crippen molar-refractivity contribution < 1.29 is 23.1 Å². The molecule has 0 saturated heterocycles. The quantitative estimate of drug-likeness (QED) is 0.484. The van der Waals surface area contributed by atoms with Crippen LogP contribution in [0.3, 0.4) is 0 Å². The van der Waals surface area contributed by atoms with Gasteiger partial charge in [0.2, 0.25) is 0 Å². The van der Waals surface area contributed by atoms with Gasteiger partial charge in [-0.25, -0.2) is 4.79 Å². The highest BCUT2D eigenvalue weighted by Crippen LogP contribution is 2.29. The van der Waals surface area contributed by atoms with Gasteiger partial charge in [-0.3, -0.25) is 0 Å². The molecule has 5 nitrogen and oxygen atoms in total. The summed E-state index contributed by atoms with van der Waals surface area (Å²) in [4.78, 5) is 8.90. The van der Waals surface area contributed by atoms with E-state index >= 15 is 0 Å². The third-order valence-corrected chi connectivity index (χ3v) is 5.21. The highest BCUT2D eigenvalue weighted by atomic mass is 19.4. The second kappa shape index (κ2) is 10.3. The number of nitrogens with one attached hydrogen (secondary N) is 2. The first-order valence-electron chi connectivity index (χ1n) is 10.3. The van der Waals surface area contributed by atoms with Crippen molar-refractivity contribution >= 4 is 22.6 Å². The molecular weight excluding hydrogens is 407 g/mol. The fourth-order valence-electron chi connectivity index (χ4n) is 3.72. The summed E-state index contributed by atoms with van der Waals surface area (Å²) >= 11 is 0. The molecule has 3 N–H and O–H groups in total. The Morgan fingerprint density at radius 3 is 2.61 bits per heavy atom. The molecule has 0 saturated carbocycles. The molecule has 3 aromatic rings. The van der Waals surface area contributed by atoms with Crippen LogP contribution in [0, 0.1) is 0 Å². The molecular formula is C23H26F3N3O2. The molecule has 0 amide bonds. The molecule has 4 rings (SSSR count). The zero-order valence-electron chi connectivity index (χ0n) is 17.0. The number of hydrogen-bond acceptors (Lipinski definition) is 3. The predicted molar refractivity (Wildman–Crippen MR) is 115 cm³/mol. The number of carboxylic acids is 1. The van der Waals surface area contributed by atoms with E-state index in [1.54, 1.807) is 0 Å². The van der Waals surface area contributed by atoms with Crippen molar-refractivity contribution in [3.05, 3.63) is 66.4 Å². The molecule has 31 heavy (non-hydrogen) atoms. The first kappa shape index (κ1) is 22.7. The van der Waals surface area contributed by atoms with Crippen LogP contribution in [0.4, 0.5) is 18.9 Å². The number of aromatic nitrogens is 1. The van der Waals surface area contributed by atoms with Gasteiger partial charge in [0.15, 0.2) is 0 Å². The molecule has 0 aliphatic carbocycles. The molecule has 1 aliphatic rings. The van der Waals surface area contributed by atoms with Gasteiger partial charge < -0.3 is 20.3 Å². The van der Waals surface area contributed by atoms with Crippen molar-refractivity contribution in [3.63, 3.8) is 0 Å². The summed E-state index contributed by atoms with van der Waals surface area (Å²) < 4.78 is 34.1. The summed E-state index contributed by atoms with van der Waals surface area (Å²) in [6, 6.07) is 20.0. The Hall–Kier alpha value is -3.00. The number of nitrogens with zero attached hydrogens (tertiary/aromatic N) is 1. The number of aliphatic carboxylic acids is 1. The van der Waals surface area contributed by atoms with Crippen molar-refractivity contribution in [1.82, 2.24) is 9.88 Å². The van der Waals surface area contributed by atoms with E-state index in [4.69, 9.17) is 9.90 Å². The zero-order chi connectivity index (χ0) is 22.3. The minimum absolute atomic E-state index is 0.470. The van der Waals surface area contributed by atoms with Crippen LogP contribution in [0.25, 0.3) is 10.9 Å². The highest BCUT2D eigenvalue weighted by molar-refractivity contribution is 5.79. The van der Waals surface area contributed by atoms with E-state index in [1.165, 1.54) is 35.0 Å². The normalized spacial score (nSPS) is 15.9. The lowest BCUT2D eigenvalue weighted by Crippen LogP contribution is -2.23. The molecule has 1 aromatic heterocycles. The first-order chi connectivity index (χ1) is 14.9. The minimum atomic E-state index is -5.08. The van der Waals surface area contributed by atoms with E-state index in [1.807, 2.05) is 0 Å². The number of alkyl halides is 3. The maximum Gasteiger partial charge on any atom is 0.490 e. The average molecular weight is 433 g/mol. The van der Waals surface area contributed by atoms with Crippen molar-refractivity contribution in [2.45, 2.75) is 38.0 Å². The highest BCUT2D eigenvalue weighted by Gasteiger charge is 2.38. The Morgan fingerprint density at radius 1 is 1.13 bits per heavy atom. The fraction of sp³-hybridized carbons (Fsp3) is 0.348. The van der Waals surface area contributed by atoms with Crippen molar-refractivity contribution in [3.8, 4) is 0 Å². The Bertz CT molecular complexity index is 1000. The lowest BCUT2D eigenvalue weighted by molar-refractivity contribution is -0.192. The number of carboxylic acid groups (broad SMARTS) is 1. The predicted octanol–water partition coefficient (Wildman–Crippen LogP) is 5.20. The summed E-state index contributed by atoms with van der Waals surface area (Å²) in [6.45, 7) is 3.18. The molecule has 1 atom stereocenters. The molecule has 0 bridgehead atoms. The number of para-hydroxylation sites is 2. The number of halogens is 3. The standard InChI is InChI=1S/C21H25N3.C2HF3O2/c1-4-11-21-17(7-1)12-16-24(21)15-6-14-23-20-10-5-13-22-19-9-3-2-8-18(19)20;3-2(4,5)1(6)7/h1-4,7-9,11-12,16,20,22-23H,5-6,10,13-15H2;(H,6,7). The number of carbonyl (C=O) groups is 1. The Balaban J connectivity index is 0.000000339. The van der Waals surface area contributed by atoms with E-state index in [0.717, 1.165) is 26.1 Å². The molecule has 1 aliphatic heterocycles. The van der Waals surface area contributed by atoms with Gasteiger partial charge in [0.25, 0.3) is 0 Å². The zero-order valence-corrected chi connectivity index (χ0v) is 17.0. The molecule has 1 unspecified atom stereocenters. The number of aryl methyl sites for hydroxylation is 1. The van der Waals surface area contributed by atoms with E-state index in [-0.39, 0.29) is 0 Å². The average Bonchev–Trinajstić information content (AvgIpc) is 3.04. The third kappa shape index (κ3) is 6.24. The Labute approximate surface area is 178 Å². The van der Waals surface area contributed by atoms with Crippen LogP contribution in [0.15, 0.2) is 60.8 Å². The molecule has 8 heteroatoms. The second-order valence-electron chi connectivity index (χ2n) is 7.39. The minimum Gasteiger partial charge on any atom is -0.475 e. The Morgan fingerprint density at radius 2 is 1.84 bits per heavy atom. The third-order valence-electron chi connectivity index (χ3n) is 5.21. The molecule has 0 radical (unpaired) electrons. The van der Waals surface area contributed by atoms with Crippen LogP contribution >= 0.6 is 0 Å². The lowest BCUT2D eigenvalue weighted by atomic mass is 10.0. The van der Waals surface area contributed by atoms with E-state index < -0.39 is 12.1 Å². The number of fused-ring (bicyclic) bond motifs is 2. The van der Waals surface area contributed by atoms with Gasteiger partial charge in [-0.2, -0.15) is 13.2 Å². The SMILES string of the molecule is O=C(O)C(F)(F)F.c1ccc2c(c1)NCCCC2NCCCn1ccc2ccccc21. The molecule has 2 aromatic carbocycles. The van der Waals surface area contributed by atoms with E-state index in [2.05, 4.69) is 76.0 Å². The second-order valence-corrected chi connectivity index (χ2v) is 7.39. The fourth-order valence-corrected chi connectivity index (χ4v) is 3.72. The van der Waals surface area contributed by atoms with Gasteiger partial charge >= 0.3 is 12.1 Å². The van der Waals surface area contributed by atoms with Gasteiger partial charge in [0, 0.05) is 36.5 Å². The van der Waals surface area contributed by atoms with E-state index in [9.17, 15) is 13.2 Å². The summed E-state index contributed by atoms with van der Waals surface area (Å²) in [5, 5.41) is 15.8. The van der Waals surface area contributed by atoms with Gasteiger partial charge in [-0.1, -0.05) is 36.4 Å². The lowest BCUT2D eigenvalue weighted by Gasteiger charge is -2.19. The summed E-state index contributed by atoms with van der Waals surface area (Å²) in [5.41, 5.74) is 4.05. The molecule has 0 fully saturated rings. The van der Waals surface area contributed by atoms with Crippen molar-refractivity contribution in [2.24, 2.45) is 0 Å². The van der Waals surface area contributed by atoms with Crippen LogP contribution in [0.1, 0.15) is 30.9 Å². The van der Waals surface area contributed by atoms with Crippen LogP contribution in [-0.4, -0.2) is 34.9 Å². The maximum absolute atomic E-state index is 10.6. The first-order valence-corrected chi connectivity index (χ1v) is 10.3. The number of rotatable bonds is 5. The summed E-state index contributed by atoms with van der Waals surface area (Å²) in [7, 11) is 0. The van der Waals surface area contributed by atoms with Crippen molar-refractivity contribution in [1.29, 1.82) is 0 Å². The van der Waals surface area contributed by atoms with Gasteiger partial charge in [0.05, 0.1) is 0 Å². The molecule has 166 valence electrons. The van der Waals surface area contributed by atoms with Gasteiger partial charge in [0.1, 0.15) is 0 Å². The van der Waals surface area contributed by atoms with Crippen LogP contribution in [0.2, 0.25) is 0 Å².